The Hall–Kier alpha value is -3.19. The molecule has 1 amide bonds. The van der Waals surface area contributed by atoms with E-state index in [2.05, 4.69) is 10.2 Å². The van der Waals surface area contributed by atoms with Gasteiger partial charge in [-0.2, -0.15) is 0 Å². The number of azo groups is 1. The lowest BCUT2D eigenvalue weighted by Gasteiger charge is -2.12. The summed E-state index contributed by atoms with van der Waals surface area (Å²) in [5.41, 5.74) is 1.40. The zero-order valence-corrected chi connectivity index (χ0v) is 14.9. The van der Waals surface area contributed by atoms with E-state index in [1.807, 2.05) is 43.3 Å². The average molecular weight is 352 g/mol. The Labute approximate surface area is 151 Å². The van der Waals surface area contributed by atoms with Crippen molar-refractivity contribution in [3.63, 3.8) is 0 Å². The van der Waals surface area contributed by atoms with E-state index >= 15 is 0 Å². The molecule has 1 N–H and O–H groups in total. The summed E-state index contributed by atoms with van der Waals surface area (Å²) in [5.74, 6) is -0.140. The number of hydrogen-bond donors (Lipinski definition) is 1. The van der Waals surface area contributed by atoms with Crippen LogP contribution >= 0.6 is 0 Å². The minimum atomic E-state index is -0.536. The van der Waals surface area contributed by atoms with Crippen molar-refractivity contribution in [2.75, 3.05) is 21.2 Å². The van der Waals surface area contributed by atoms with E-state index < -0.39 is 5.91 Å². The van der Waals surface area contributed by atoms with E-state index in [1.54, 1.807) is 28.8 Å². The van der Waals surface area contributed by atoms with Crippen LogP contribution < -0.4 is 4.74 Å². The Morgan fingerprint density at radius 3 is 2.58 bits per heavy atom. The molecule has 0 fully saturated rings. The molecule has 134 valence electrons. The summed E-state index contributed by atoms with van der Waals surface area (Å²) in [6, 6.07) is 14.3. The largest absolute Gasteiger partial charge is 0.496 e. The molecule has 3 rings (SSSR count). The molecule has 0 aliphatic carbocycles. The van der Waals surface area contributed by atoms with Gasteiger partial charge in [0.25, 0.3) is 5.91 Å². The van der Waals surface area contributed by atoms with Crippen molar-refractivity contribution in [3.05, 3.63) is 54.1 Å². The molecule has 0 unspecified atom stereocenters. The van der Waals surface area contributed by atoms with E-state index in [9.17, 15) is 9.90 Å². The first-order valence-electron chi connectivity index (χ1n) is 8.07. The monoisotopic (exact) mass is 352 g/mol. The molecule has 26 heavy (non-hydrogen) atoms. The summed E-state index contributed by atoms with van der Waals surface area (Å²) in [5, 5.41) is 19.2. The highest BCUT2D eigenvalue weighted by atomic mass is 16.5. The molecule has 1 heterocycles. The summed E-state index contributed by atoms with van der Waals surface area (Å²) >= 11 is 0. The smallest absolute Gasteiger partial charge is 0.299 e. The predicted molar refractivity (Wildman–Crippen MR) is 99.1 cm³/mol. The highest BCUT2D eigenvalue weighted by molar-refractivity contribution is 5.98. The maximum atomic E-state index is 12.4. The van der Waals surface area contributed by atoms with Crippen LogP contribution in [0.1, 0.15) is 10.4 Å². The number of aromatic hydroxyl groups is 1. The van der Waals surface area contributed by atoms with Crippen LogP contribution in [0, 0.1) is 0 Å². The molecular weight excluding hydrogens is 332 g/mol. The summed E-state index contributed by atoms with van der Waals surface area (Å²) in [6.45, 7) is 0.475. The lowest BCUT2D eigenvalue weighted by Crippen LogP contribution is -2.16. The normalized spacial score (nSPS) is 11.5. The zero-order valence-electron chi connectivity index (χ0n) is 14.9. The number of amides is 1. The van der Waals surface area contributed by atoms with Crippen molar-refractivity contribution in [2.45, 2.75) is 6.67 Å². The summed E-state index contributed by atoms with van der Waals surface area (Å²) < 4.78 is 6.90. The van der Waals surface area contributed by atoms with Gasteiger partial charge in [-0.15, -0.1) is 10.2 Å². The predicted octanol–water partition coefficient (Wildman–Crippen LogP) is 3.80. The van der Waals surface area contributed by atoms with Crippen LogP contribution in [0.4, 0.5) is 5.69 Å². The van der Waals surface area contributed by atoms with E-state index in [0.29, 0.717) is 18.0 Å². The molecule has 7 heteroatoms. The number of para-hydroxylation sites is 2. The molecule has 0 aliphatic rings. The molecule has 1 aromatic heterocycles. The van der Waals surface area contributed by atoms with Crippen LogP contribution in [0.3, 0.4) is 0 Å². The molecule has 0 saturated carbocycles. The van der Waals surface area contributed by atoms with Gasteiger partial charge in [-0.05, 0) is 32.3 Å². The first kappa shape index (κ1) is 17.6. The van der Waals surface area contributed by atoms with E-state index in [-0.39, 0.29) is 11.6 Å². The third kappa shape index (κ3) is 3.29. The van der Waals surface area contributed by atoms with Crippen molar-refractivity contribution in [2.24, 2.45) is 10.2 Å². The van der Waals surface area contributed by atoms with Crippen molar-refractivity contribution < 1.29 is 14.6 Å². The van der Waals surface area contributed by atoms with Crippen LogP contribution in [0.15, 0.2) is 58.8 Å². The van der Waals surface area contributed by atoms with Crippen molar-refractivity contribution in [3.8, 4) is 11.6 Å². The Morgan fingerprint density at radius 1 is 1.15 bits per heavy atom. The topological polar surface area (TPSA) is 79.4 Å². The van der Waals surface area contributed by atoms with Crippen LogP contribution in [0.5, 0.6) is 11.6 Å². The number of carbonyl (C=O) groups is 1. The number of hydrogen-bond acceptors (Lipinski definition) is 5. The Bertz CT molecular complexity index is 976. The maximum Gasteiger partial charge on any atom is 0.299 e. The van der Waals surface area contributed by atoms with E-state index in [4.69, 9.17) is 4.74 Å². The fourth-order valence-electron chi connectivity index (χ4n) is 2.77. The van der Waals surface area contributed by atoms with Gasteiger partial charge in [-0.3, -0.25) is 14.3 Å². The number of aromatic nitrogens is 1. The Kier molecular flexibility index (Phi) is 4.99. The molecule has 0 radical (unpaired) electrons. The second-order valence-electron chi connectivity index (χ2n) is 6.04. The molecule has 0 atom stereocenters. The molecule has 0 bridgehead atoms. The average Bonchev–Trinajstić information content (AvgIpc) is 2.91. The maximum absolute atomic E-state index is 12.4. The number of fused-ring (bicyclic) bond motifs is 1. The molecule has 0 spiro atoms. The molecule has 7 nitrogen and oxygen atoms in total. The first-order valence-corrected chi connectivity index (χ1v) is 8.07. The van der Waals surface area contributed by atoms with Gasteiger partial charge in [0.05, 0.1) is 24.9 Å². The Morgan fingerprint density at radius 2 is 1.85 bits per heavy atom. The molecule has 0 aliphatic heterocycles. The quantitative estimate of drug-likeness (QED) is 0.708. The van der Waals surface area contributed by atoms with Crippen LogP contribution in [-0.2, 0) is 6.67 Å². The number of methoxy groups -OCH3 is 1. The van der Waals surface area contributed by atoms with Crippen molar-refractivity contribution >= 4 is 22.5 Å². The Balaban J connectivity index is 2.02. The summed E-state index contributed by atoms with van der Waals surface area (Å²) in [7, 11) is 5.30. The molecule has 0 saturated heterocycles. The summed E-state index contributed by atoms with van der Waals surface area (Å²) in [6.07, 6.45) is 0. The van der Waals surface area contributed by atoms with Gasteiger partial charge in [-0.25, -0.2) is 0 Å². The minimum absolute atomic E-state index is 0.0310. The fourth-order valence-corrected chi connectivity index (χ4v) is 2.77. The third-order valence-electron chi connectivity index (χ3n) is 3.92. The van der Waals surface area contributed by atoms with Crippen LogP contribution in [0.25, 0.3) is 10.9 Å². The second kappa shape index (κ2) is 7.37. The van der Waals surface area contributed by atoms with Gasteiger partial charge >= 0.3 is 0 Å². The zero-order chi connectivity index (χ0) is 18.7. The SMILES string of the molecule is COc1ccccc1C(=O)N=Nc1c(O)n(CN(C)C)c2ccccc12. The number of rotatable bonds is 5. The van der Waals surface area contributed by atoms with Gasteiger partial charge < -0.3 is 9.84 Å². The van der Waals surface area contributed by atoms with Crippen molar-refractivity contribution in [1.29, 1.82) is 0 Å². The lowest BCUT2D eigenvalue weighted by molar-refractivity contribution is 0.0992. The third-order valence-corrected chi connectivity index (χ3v) is 3.92. The van der Waals surface area contributed by atoms with E-state index in [0.717, 1.165) is 10.9 Å². The number of nitrogens with zero attached hydrogens (tertiary/aromatic N) is 4. The van der Waals surface area contributed by atoms with E-state index in [1.165, 1.54) is 7.11 Å². The van der Waals surface area contributed by atoms with Crippen LogP contribution in [0.2, 0.25) is 0 Å². The van der Waals surface area contributed by atoms with Gasteiger partial charge in [-0.1, -0.05) is 30.3 Å². The van der Waals surface area contributed by atoms with Gasteiger partial charge in [0, 0.05) is 5.39 Å². The van der Waals surface area contributed by atoms with Gasteiger partial charge in [0.1, 0.15) is 5.75 Å². The number of benzene rings is 2. The van der Waals surface area contributed by atoms with Crippen LogP contribution in [-0.4, -0.2) is 41.7 Å². The fraction of sp³-hybridized carbons (Fsp3) is 0.211. The standard InChI is InChI=1S/C19H20N4O3/c1-22(2)12-23-15-10-6-4-8-13(15)17(19(23)25)20-21-18(24)14-9-5-7-11-16(14)26-3/h4-11,25H,12H2,1-3H3. The molecule has 3 aromatic rings. The number of ether oxygens (including phenoxy) is 1. The van der Waals surface area contributed by atoms with Gasteiger partial charge in [0.2, 0.25) is 5.88 Å². The first-order chi connectivity index (χ1) is 12.5. The van der Waals surface area contributed by atoms with Crippen molar-refractivity contribution in [1.82, 2.24) is 9.47 Å². The highest BCUT2D eigenvalue weighted by Crippen LogP contribution is 2.39. The molecule has 2 aromatic carbocycles. The molecular formula is C19H20N4O3. The highest BCUT2D eigenvalue weighted by Gasteiger charge is 2.17. The minimum Gasteiger partial charge on any atom is -0.496 e. The number of carbonyl (C=O) groups excluding carboxylic acids is 1. The van der Waals surface area contributed by atoms with Gasteiger partial charge in [0.15, 0.2) is 5.69 Å². The second-order valence-corrected chi connectivity index (χ2v) is 6.04. The lowest BCUT2D eigenvalue weighted by atomic mass is 10.2. The summed E-state index contributed by atoms with van der Waals surface area (Å²) in [4.78, 5) is 14.3.